The van der Waals surface area contributed by atoms with E-state index >= 15 is 0 Å². The van der Waals surface area contributed by atoms with Crippen molar-refractivity contribution in [3.8, 4) is 5.75 Å². The molecule has 0 unspecified atom stereocenters. The molecule has 1 N–H and O–H groups in total. The molecule has 104 valence electrons. The Balaban J connectivity index is 2.17. The first-order valence-corrected chi connectivity index (χ1v) is 6.81. The van der Waals surface area contributed by atoms with E-state index in [-0.39, 0.29) is 6.61 Å². The van der Waals surface area contributed by atoms with Gasteiger partial charge in [0.1, 0.15) is 9.52 Å². The van der Waals surface area contributed by atoms with Crippen LogP contribution < -0.4 is 10.1 Å². The second-order valence-electron chi connectivity index (χ2n) is 3.69. The molecular weight excluding hydrogens is 373 g/mol. The minimum absolute atomic E-state index is 0.171. The van der Waals surface area contributed by atoms with Crippen molar-refractivity contribution in [2.24, 2.45) is 0 Å². The van der Waals surface area contributed by atoms with Crippen molar-refractivity contribution < 1.29 is 14.3 Å². The van der Waals surface area contributed by atoms with Gasteiger partial charge in [-0.2, -0.15) is 0 Å². The highest BCUT2D eigenvalue weighted by atomic mass is 127. The summed E-state index contributed by atoms with van der Waals surface area (Å²) in [7, 11) is 1.31. The Morgan fingerprint density at radius 1 is 1.35 bits per heavy atom. The molecule has 0 saturated heterocycles. The number of nitrogens with zero attached hydrogens (tertiary/aromatic N) is 2. The zero-order valence-electron chi connectivity index (χ0n) is 10.7. The molecule has 2 aromatic heterocycles. The van der Waals surface area contributed by atoms with Gasteiger partial charge in [-0.1, -0.05) is 6.07 Å². The average Bonchev–Trinajstić information content (AvgIpc) is 2.47. The van der Waals surface area contributed by atoms with E-state index in [1.165, 1.54) is 7.11 Å². The van der Waals surface area contributed by atoms with E-state index in [4.69, 9.17) is 4.74 Å². The van der Waals surface area contributed by atoms with Gasteiger partial charge >= 0.3 is 5.97 Å². The molecule has 0 saturated carbocycles. The quantitative estimate of drug-likeness (QED) is 0.484. The van der Waals surface area contributed by atoms with Gasteiger partial charge in [0, 0.05) is 6.20 Å². The smallest absolute Gasteiger partial charge is 0.343 e. The molecule has 7 heteroatoms. The number of nitrogens with one attached hydrogen (secondary N) is 1. The second kappa shape index (κ2) is 7.04. The van der Waals surface area contributed by atoms with Crippen LogP contribution in [0.4, 0.5) is 11.6 Å². The number of pyridine rings is 2. The third kappa shape index (κ3) is 4.05. The molecular formula is C13H12IN3O3. The third-order valence-corrected chi connectivity index (χ3v) is 2.91. The van der Waals surface area contributed by atoms with Crippen LogP contribution in [-0.4, -0.2) is 29.7 Å². The molecule has 0 aromatic carbocycles. The Hall–Kier alpha value is -1.90. The molecule has 0 atom stereocenters. The lowest BCUT2D eigenvalue weighted by Gasteiger charge is -2.11. The fourth-order valence-corrected chi connectivity index (χ4v) is 1.80. The molecule has 0 aliphatic heterocycles. The topological polar surface area (TPSA) is 73.3 Å². The van der Waals surface area contributed by atoms with E-state index < -0.39 is 5.97 Å². The van der Waals surface area contributed by atoms with Crippen molar-refractivity contribution in [3.63, 3.8) is 0 Å². The maximum absolute atomic E-state index is 11.1. The summed E-state index contributed by atoms with van der Waals surface area (Å²) in [5.41, 5.74) is 0. The number of hydrogen-bond acceptors (Lipinski definition) is 6. The highest BCUT2D eigenvalue weighted by Crippen LogP contribution is 2.25. The number of esters is 1. The lowest BCUT2D eigenvalue weighted by Crippen LogP contribution is -2.13. The zero-order chi connectivity index (χ0) is 14.4. The number of carbonyl (C=O) groups excluding carboxylic acids is 1. The zero-order valence-corrected chi connectivity index (χ0v) is 12.8. The van der Waals surface area contributed by atoms with Gasteiger partial charge in [-0.25, -0.2) is 14.8 Å². The molecule has 2 rings (SSSR count). The summed E-state index contributed by atoms with van der Waals surface area (Å²) >= 11 is 2.10. The molecule has 0 aliphatic carbocycles. The number of halogens is 1. The number of aromatic nitrogens is 2. The minimum Gasteiger partial charge on any atom is -0.478 e. The van der Waals surface area contributed by atoms with Crippen molar-refractivity contribution in [1.82, 2.24) is 9.97 Å². The first-order valence-electron chi connectivity index (χ1n) is 5.73. The number of hydrogen-bond donors (Lipinski definition) is 1. The highest BCUT2D eigenvalue weighted by molar-refractivity contribution is 14.1. The van der Waals surface area contributed by atoms with Crippen LogP contribution in [0, 0.1) is 3.70 Å². The van der Waals surface area contributed by atoms with Crippen molar-refractivity contribution in [2.45, 2.75) is 0 Å². The first kappa shape index (κ1) is 14.5. The lowest BCUT2D eigenvalue weighted by atomic mass is 10.4. The van der Waals surface area contributed by atoms with Crippen molar-refractivity contribution in [1.29, 1.82) is 0 Å². The molecule has 20 heavy (non-hydrogen) atoms. The van der Waals surface area contributed by atoms with Gasteiger partial charge in [0.25, 0.3) is 0 Å². The van der Waals surface area contributed by atoms with Crippen LogP contribution in [0.2, 0.25) is 0 Å². The van der Waals surface area contributed by atoms with Gasteiger partial charge in [0.2, 0.25) is 0 Å². The molecule has 0 bridgehead atoms. The van der Waals surface area contributed by atoms with Gasteiger partial charge in [0.05, 0.1) is 7.11 Å². The normalized spacial score (nSPS) is 9.90. The van der Waals surface area contributed by atoms with Crippen LogP contribution in [0.25, 0.3) is 0 Å². The van der Waals surface area contributed by atoms with Crippen molar-refractivity contribution in [3.05, 3.63) is 40.2 Å². The maximum Gasteiger partial charge on any atom is 0.343 e. The molecule has 2 heterocycles. The van der Waals surface area contributed by atoms with Gasteiger partial charge in [-0.05, 0) is 46.9 Å². The maximum atomic E-state index is 11.1. The summed E-state index contributed by atoms with van der Waals surface area (Å²) in [5, 5.41) is 3.05. The van der Waals surface area contributed by atoms with Crippen LogP contribution in [0.1, 0.15) is 0 Å². The summed E-state index contributed by atoms with van der Waals surface area (Å²) in [6.45, 7) is -0.171. The third-order valence-electron chi connectivity index (χ3n) is 2.31. The fourth-order valence-electron chi connectivity index (χ4n) is 1.38. The summed E-state index contributed by atoms with van der Waals surface area (Å²) in [6, 6.07) is 9.02. The van der Waals surface area contributed by atoms with Gasteiger partial charge in [-0.15, -0.1) is 0 Å². The Morgan fingerprint density at radius 3 is 2.90 bits per heavy atom. The minimum atomic E-state index is -0.452. The molecule has 0 amide bonds. The van der Waals surface area contributed by atoms with Crippen LogP contribution in [0.5, 0.6) is 5.75 Å². The summed E-state index contributed by atoms with van der Waals surface area (Å²) in [5.74, 6) is 1.15. The molecule has 6 nitrogen and oxygen atoms in total. The number of anilines is 2. The monoisotopic (exact) mass is 385 g/mol. The van der Waals surface area contributed by atoms with Crippen LogP contribution >= 0.6 is 22.6 Å². The molecule has 0 radical (unpaired) electrons. The van der Waals surface area contributed by atoms with Gasteiger partial charge in [0.15, 0.2) is 18.2 Å². The average molecular weight is 385 g/mol. The Bertz CT molecular complexity index is 593. The van der Waals surface area contributed by atoms with Crippen LogP contribution in [0.3, 0.4) is 0 Å². The predicted octanol–water partition coefficient (Wildman–Crippen LogP) is 2.38. The van der Waals surface area contributed by atoms with Crippen molar-refractivity contribution in [2.75, 3.05) is 19.0 Å². The van der Waals surface area contributed by atoms with E-state index in [0.717, 1.165) is 3.70 Å². The SMILES string of the molecule is COC(=O)COc1ccc(I)nc1Nc1ccccn1. The molecule has 0 spiro atoms. The lowest BCUT2D eigenvalue weighted by molar-refractivity contribution is -0.142. The van der Waals surface area contributed by atoms with Crippen LogP contribution in [-0.2, 0) is 9.53 Å². The van der Waals surface area contributed by atoms with E-state index in [1.807, 2.05) is 18.2 Å². The van der Waals surface area contributed by atoms with Crippen LogP contribution in [0.15, 0.2) is 36.5 Å². The van der Waals surface area contributed by atoms with E-state index in [0.29, 0.717) is 17.4 Å². The van der Waals surface area contributed by atoms with Gasteiger partial charge < -0.3 is 14.8 Å². The number of methoxy groups -OCH3 is 1. The van der Waals surface area contributed by atoms with Gasteiger partial charge in [-0.3, -0.25) is 0 Å². The molecule has 0 fully saturated rings. The summed E-state index contributed by atoms with van der Waals surface area (Å²) in [6.07, 6.45) is 1.67. The summed E-state index contributed by atoms with van der Waals surface area (Å²) < 4.78 is 10.7. The predicted molar refractivity (Wildman–Crippen MR) is 82.0 cm³/mol. The fraction of sp³-hybridized carbons (Fsp3) is 0.154. The summed E-state index contributed by atoms with van der Waals surface area (Å²) in [4.78, 5) is 19.6. The number of carbonyl (C=O) groups is 1. The van der Waals surface area contributed by atoms with E-state index in [9.17, 15) is 4.79 Å². The highest BCUT2D eigenvalue weighted by Gasteiger charge is 2.10. The second-order valence-corrected chi connectivity index (χ2v) is 4.79. The molecule has 2 aromatic rings. The van der Waals surface area contributed by atoms with E-state index in [2.05, 4.69) is 42.6 Å². The number of ether oxygens (including phenoxy) is 2. The largest absolute Gasteiger partial charge is 0.478 e. The molecule has 0 aliphatic rings. The van der Waals surface area contributed by atoms with Crippen molar-refractivity contribution >= 4 is 40.2 Å². The Labute approximate surface area is 129 Å². The Morgan fingerprint density at radius 2 is 2.20 bits per heavy atom. The Kier molecular flexibility index (Phi) is 5.10. The first-order chi connectivity index (χ1) is 9.69. The number of rotatable bonds is 5. The van der Waals surface area contributed by atoms with E-state index in [1.54, 1.807) is 18.3 Å². The standard InChI is InChI=1S/C13H12IN3O3/c1-19-12(18)8-20-9-5-6-10(14)16-13(9)17-11-4-2-3-7-15-11/h2-7H,8H2,1H3,(H,15,16,17).